The third-order valence-electron chi connectivity index (χ3n) is 2.51. The molecule has 5 nitrogen and oxygen atoms in total. The number of nitrogens with two attached hydrogens (primary N) is 3. The van der Waals surface area contributed by atoms with Gasteiger partial charge in [-0.2, -0.15) is 5.26 Å². The second-order valence-corrected chi connectivity index (χ2v) is 3.51. The SMILES string of the molecule is N#CCC[N+](CCN)(CCN)CCN. The van der Waals surface area contributed by atoms with E-state index in [4.69, 9.17) is 22.5 Å². The Hall–Kier alpha value is -0.670. The first-order valence-corrected chi connectivity index (χ1v) is 5.07. The molecule has 6 N–H and O–H groups in total. The summed E-state index contributed by atoms with van der Waals surface area (Å²) in [7, 11) is 0. The minimum atomic E-state index is 0.542. The van der Waals surface area contributed by atoms with Gasteiger partial charge < -0.3 is 21.7 Å². The average molecular weight is 200 g/mol. The lowest BCUT2D eigenvalue weighted by molar-refractivity contribution is -0.923. The molecule has 0 aliphatic heterocycles. The molecular weight excluding hydrogens is 178 g/mol. The van der Waals surface area contributed by atoms with Crippen LogP contribution < -0.4 is 17.2 Å². The van der Waals surface area contributed by atoms with E-state index in [1.54, 1.807) is 0 Å². The Kier molecular flexibility index (Phi) is 7.34. The highest BCUT2D eigenvalue weighted by Gasteiger charge is 2.24. The monoisotopic (exact) mass is 200 g/mol. The van der Waals surface area contributed by atoms with Gasteiger partial charge in [-0.05, 0) is 0 Å². The average Bonchev–Trinajstić information content (AvgIpc) is 2.16. The van der Waals surface area contributed by atoms with Crippen molar-refractivity contribution in [3.8, 4) is 6.07 Å². The smallest absolute Gasteiger partial charge is 0.0919 e. The second-order valence-electron chi connectivity index (χ2n) is 3.51. The van der Waals surface area contributed by atoms with Crippen LogP contribution in [0.1, 0.15) is 6.42 Å². The fourth-order valence-electron chi connectivity index (χ4n) is 1.78. The minimum absolute atomic E-state index is 0.542. The summed E-state index contributed by atoms with van der Waals surface area (Å²) in [6, 6.07) is 2.16. The van der Waals surface area contributed by atoms with Crippen LogP contribution in [0.15, 0.2) is 0 Å². The topological polar surface area (TPSA) is 102 Å². The minimum Gasteiger partial charge on any atom is -0.326 e. The zero-order chi connectivity index (χ0) is 10.9. The summed E-state index contributed by atoms with van der Waals surface area (Å²) in [5.74, 6) is 0. The summed E-state index contributed by atoms with van der Waals surface area (Å²) in [5.41, 5.74) is 16.7. The first-order valence-electron chi connectivity index (χ1n) is 5.07. The number of hydrogen-bond acceptors (Lipinski definition) is 4. The Morgan fingerprint density at radius 3 is 1.57 bits per heavy atom. The molecule has 0 rings (SSSR count). The van der Waals surface area contributed by atoms with Crippen molar-refractivity contribution in [2.75, 3.05) is 45.8 Å². The van der Waals surface area contributed by atoms with Crippen LogP contribution in [0.25, 0.3) is 0 Å². The maximum Gasteiger partial charge on any atom is 0.0919 e. The Balaban J connectivity index is 4.30. The van der Waals surface area contributed by atoms with Gasteiger partial charge in [-0.25, -0.2) is 0 Å². The van der Waals surface area contributed by atoms with Crippen molar-refractivity contribution in [1.29, 1.82) is 5.26 Å². The predicted molar refractivity (Wildman–Crippen MR) is 57.1 cm³/mol. The lowest BCUT2D eigenvalue weighted by atomic mass is 10.2. The van der Waals surface area contributed by atoms with Gasteiger partial charge in [-0.1, -0.05) is 0 Å². The van der Waals surface area contributed by atoms with Gasteiger partial charge in [0.25, 0.3) is 0 Å². The van der Waals surface area contributed by atoms with Crippen molar-refractivity contribution < 1.29 is 4.48 Å². The van der Waals surface area contributed by atoms with Gasteiger partial charge in [0.1, 0.15) is 0 Å². The summed E-state index contributed by atoms with van der Waals surface area (Å²) < 4.78 is 0.789. The Bertz CT molecular complexity index is 158. The Morgan fingerprint density at radius 2 is 1.29 bits per heavy atom. The molecule has 82 valence electrons. The van der Waals surface area contributed by atoms with Crippen LogP contribution >= 0.6 is 0 Å². The fourth-order valence-corrected chi connectivity index (χ4v) is 1.78. The summed E-state index contributed by atoms with van der Waals surface area (Å²) in [5, 5.41) is 8.58. The molecule has 0 aliphatic rings. The molecule has 0 aromatic carbocycles. The van der Waals surface area contributed by atoms with E-state index < -0.39 is 0 Å². The Labute approximate surface area is 86.0 Å². The van der Waals surface area contributed by atoms with E-state index in [1.165, 1.54) is 0 Å². The van der Waals surface area contributed by atoms with Crippen LogP contribution in [0.2, 0.25) is 0 Å². The van der Waals surface area contributed by atoms with Crippen LogP contribution in [0.3, 0.4) is 0 Å². The van der Waals surface area contributed by atoms with E-state index in [0.29, 0.717) is 26.1 Å². The van der Waals surface area contributed by atoms with Crippen molar-refractivity contribution >= 4 is 0 Å². The van der Waals surface area contributed by atoms with Gasteiger partial charge in [0.15, 0.2) is 0 Å². The highest BCUT2D eigenvalue weighted by Crippen LogP contribution is 2.05. The second kappa shape index (κ2) is 7.71. The fraction of sp³-hybridized carbons (Fsp3) is 0.889. The lowest BCUT2D eigenvalue weighted by Gasteiger charge is -2.37. The van der Waals surface area contributed by atoms with Gasteiger partial charge in [-0.15, -0.1) is 0 Å². The van der Waals surface area contributed by atoms with Gasteiger partial charge in [-0.3, -0.25) is 0 Å². The summed E-state index contributed by atoms with van der Waals surface area (Å²) in [6.07, 6.45) is 0.542. The molecule has 0 heterocycles. The molecule has 14 heavy (non-hydrogen) atoms. The number of nitriles is 1. The number of rotatable bonds is 8. The quantitative estimate of drug-likeness (QED) is 0.419. The molecule has 0 radical (unpaired) electrons. The molecule has 0 spiro atoms. The first kappa shape index (κ1) is 13.3. The van der Waals surface area contributed by atoms with Crippen molar-refractivity contribution in [3.05, 3.63) is 0 Å². The summed E-state index contributed by atoms with van der Waals surface area (Å²) in [6.45, 7) is 5.23. The van der Waals surface area contributed by atoms with E-state index in [1.807, 2.05) is 0 Å². The maximum atomic E-state index is 8.58. The zero-order valence-electron chi connectivity index (χ0n) is 8.78. The first-order chi connectivity index (χ1) is 6.74. The number of hydrogen-bond donors (Lipinski definition) is 3. The molecule has 0 aromatic rings. The van der Waals surface area contributed by atoms with Crippen LogP contribution in [-0.2, 0) is 0 Å². The van der Waals surface area contributed by atoms with E-state index in [9.17, 15) is 0 Å². The highest BCUT2D eigenvalue weighted by atomic mass is 15.4. The van der Waals surface area contributed by atoms with E-state index in [-0.39, 0.29) is 0 Å². The van der Waals surface area contributed by atoms with Gasteiger partial charge in [0.2, 0.25) is 0 Å². The van der Waals surface area contributed by atoms with Crippen molar-refractivity contribution in [2.45, 2.75) is 6.42 Å². The van der Waals surface area contributed by atoms with E-state index in [2.05, 4.69) is 6.07 Å². The van der Waals surface area contributed by atoms with Crippen molar-refractivity contribution in [3.63, 3.8) is 0 Å². The van der Waals surface area contributed by atoms with E-state index >= 15 is 0 Å². The molecule has 0 saturated carbocycles. The molecule has 5 heteroatoms. The summed E-state index contributed by atoms with van der Waals surface area (Å²) >= 11 is 0. The number of nitrogens with zero attached hydrogens (tertiary/aromatic N) is 2. The largest absolute Gasteiger partial charge is 0.326 e. The van der Waals surface area contributed by atoms with Crippen LogP contribution in [-0.4, -0.2) is 50.3 Å². The highest BCUT2D eigenvalue weighted by molar-refractivity contribution is 4.68. The van der Waals surface area contributed by atoms with E-state index in [0.717, 1.165) is 30.7 Å². The van der Waals surface area contributed by atoms with Gasteiger partial charge >= 0.3 is 0 Å². The van der Waals surface area contributed by atoms with Crippen molar-refractivity contribution in [2.24, 2.45) is 17.2 Å². The molecule has 0 bridgehead atoms. The number of quaternary nitrogens is 1. The van der Waals surface area contributed by atoms with Gasteiger partial charge in [0.05, 0.1) is 38.7 Å². The molecule has 0 saturated heterocycles. The third-order valence-corrected chi connectivity index (χ3v) is 2.51. The Morgan fingerprint density at radius 1 is 0.857 bits per heavy atom. The lowest BCUT2D eigenvalue weighted by Crippen LogP contribution is -2.56. The molecule has 0 aliphatic carbocycles. The predicted octanol–water partition coefficient (Wildman–Crippen LogP) is -1.41. The summed E-state index contributed by atoms with van der Waals surface area (Å²) in [4.78, 5) is 0. The molecule has 0 aromatic heterocycles. The van der Waals surface area contributed by atoms with Crippen LogP contribution in [0, 0.1) is 11.3 Å². The maximum absolute atomic E-state index is 8.58. The van der Waals surface area contributed by atoms with Gasteiger partial charge in [0, 0.05) is 19.6 Å². The molecule has 0 fully saturated rings. The van der Waals surface area contributed by atoms with Crippen LogP contribution in [0.5, 0.6) is 0 Å². The zero-order valence-corrected chi connectivity index (χ0v) is 8.78. The third kappa shape index (κ3) is 4.53. The standard InChI is InChI=1S/C9H22N5/c10-2-1-6-14(7-3-11,8-4-12)9-5-13/h1,3-9,11-13H2/q+1. The normalized spacial score (nSPS) is 11.3. The molecule has 0 atom stereocenters. The molecule has 0 amide bonds. The molecule has 0 unspecified atom stereocenters. The van der Waals surface area contributed by atoms with Crippen molar-refractivity contribution in [1.82, 2.24) is 0 Å². The molecular formula is C9H22N5+. The van der Waals surface area contributed by atoms with Crippen LogP contribution in [0.4, 0.5) is 0 Å².